The van der Waals surface area contributed by atoms with Gasteiger partial charge in [-0.3, -0.25) is 9.59 Å². The summed E-state index contributed by atoms with van der Waals surface area (Å²) in [5.74, 6) is -0.992. The van der Waals surface area contributed by atoms with Gasteiger partial charge < -0.3 is 15.3 Å². The molecule has 0 bridgehead atoms. The van der Waals surface area contributed by atoms with Crippen molar-refractivity contribution in [3.8, 4) is 0 Å². The average Bonchev–Trinajstić information content (AvgIpc) is 2.91. The first-order chi connectivity index (χ1) is 12.8. The number of carbonyl (C=O) groups excluding carboxylic acids is 1. The van der Waals surface area contributed by atoms with Crippen molar-refractivity contribution in [2.75, 3.05) is 6.61 Å². The van der Waals surface area contributed by atoms with Crippen LogP contribution in [-0.2, 0) is 15.0 Å². The number of aliphatic carboxylic acids is 1. The third-order valence-electron chi connectivity index (χ3n) is 5.80. The Balaban J connectivity index is 1.98. The Kier molecular flexibility index (Phi) is 7.57. The highest BCUT2D eigenvalue weighted by molar-refractivity contribution is 5.85. The zero-order valence-electron chi connectivity index (χ0n) is 16.4. The van der Waals surface area contributed by atoms with E-state index in [9.17, 15) is 19.8 Å². The topological polar surface area (TPSA) is 94.8 Å². The highest BCUT2D eigenvalue weighted by Crippen LogP contribution is 2.41. The van der Waals surface area contributed by atoms with E-state index < -0.39 is 12.1 Å². The summed E-state index contributed by atoms with van der Waals surface area (Å²) in [7, 11) is 0. The summed E-state index contributed by atoms with van der Waals surface area (Å²) in [6.45, 7) is 4.01. The second kappa shape index (κ2) is 9.47. The van der Waals surface area contributed by atoms with E-state index in [4.69, 9.17) is 5.11 Å². The van der Waals surface area contributed by atoms with Crippen LogP contribution in [0.25, 0.3) is 0 Å². The lowest BCUT2D eigenvalue weighted by molar-refractivity contribution is -0.137. The van der Waals surface area contributed by atoms with E-state index >= 15 is 0 Å². The average molecular weight is 376 g/mol. The van der Waals surface area contributed by atoms with Gasteiger partial charge in [-0.2, -0.15) is 0 Å². The smallest absolute Gasteiger partial charge is 0.303 e. The van der Waals surface area contributed by atoms with Gasteiger partial charge >= 0.3 is 5.97 Å². The number of hydrogen-bond donors (Lipinski definition) is 3. The van der Waals surface area contributed by atoms with Gasteiger partial charge in [0.15, 0.2) is 0 Å². The molecule has 0 radical (unpaired) electrons. The maximum absolute atomic E-state index is 12.4. The molecule has 1 aromatic carbocycles. The van der Waals surface area contributed by atoms with E-state index in [1.165, 1.54) is 0 Å². The summed E-state index contributed by atoms with van der Waals surface area (Å²) >= 11 is 0. The molecule has 5 nitrogen and oxygen atoms in total. The van der Waals surface area contributed by atoms with Crippen molar-refractivity contribution >= 4 is 11.8 Å². The Morgan fingerprint density at radius 3 is 2.33 bits per heavy atom. The number of unbranched alkanes of at least 4 members (excludes halogenated alkanes) is 3. The van der Waals surface area contributed by atoms with E-state index in [0.29, 0.717) is 6.42 Å². The normalized spacial score (nSPS) is 23.0. The van der Waals surface area contributed by atoms with Gasteiger partial charge in [0, 0.05) is 30.1 Å². The first-order valence-electron chi connectivity index (χ1n) is 9.90. The van der Waals surface area contributed by atoms with E-state index in [2.05, 4.69) is 0 Å². The lowest BCUT2D eigenvalue weighted by atomic mass is 9.81. The number of carbonyl (C=O) groups is 2. The third-order valence-corrected chi connectivity index (χ3v) is 5.80. The molecule has 0 heterocycles. The molecule has 2 rings (SSSR count). The van der Waals surface area contributed by atoms with Gasteiger partial charge in [-0.05, 0) is 24.0 Å². The minimum Gasteiger partial charge on any atom is -0.481 e. The second-order valence-electron chi connectivity index (χ2n) is 8.38. The lowest BCUT2D eigenvalue weighted by Gasteiger charge is -2.25. The molecule has 0 amide bonds. The Morgan fingerprint density at radius 1 is 1.11 bits per heavy atom. The first-order valence-corrected chi connectivity index (χ1v) is 9.90. The molecule has 0 aliphatic heterocycles. The molecule has 1 aliphatic carbocycles. The zero-order valence-corrected chi connectivity index (χ0v) is 16.4. The van der Waals surface area contributed by atoms with E-state index in [-0.39, 0.29) is 42.5 Å². The Morgan fingerprint density at radius 2 is 1.74 bits per heavy atom. The highest BCUT2D eigenvalue weighted by Gasteiger charge is 2.41. The largest absolute Gasteiger partial charge is 0.481 e. The van der Waals surface area contributed by atoms with Crippen molar-refractivity contribution in [2.45, 2.75) is 76.2 Å². The van der Waals surface area contributed by atoms with Gasteiger partial charge in [-0.1, -0.05) is 57.4 Å². The molecule has 1 saturated carbocycles. The first kappa shape index (κ1) is 21.6. The fourth-order valence-corrected chi connectivity index (χ4v) is 3.99. The van der Waals surface area contributed by atoms with E-state index in [1.54, 1.807) is 0 Å². The molecule has 1 aromatic rings. The molecule has 1 aliphatic rings. The quantitative estimate of drug-likeness (QED) is 0.544. The van der Waals surface area contributed by atoms with Crippen LogP contribution < -0.4 is 0 Å². The van der Waals surface area contributed by atoms with Crippen LogP contribution >= 0.6 is 0 Å². The summed E-state index contributed by atoms with van der Waals surface area (Å²) in [4.78, 5) is 22.9. The van der Waals surface area contributed by atoms with Crippen LogP contribution in [0, 0.1) is 5.92 Å². The zero-order chi connectivity index (χ0) is 20.0. The van der Waals surface area contributed by atoms with Gasteiger partial charge in [0.2, 0.25) is 0 Å². The minimum absolute atomic E-state index is 0.0569. The highest BCUT2D eigenvalue weighted by atomic mass is 16.4. The van der Waals surface area contributed by atoms with Crippen molar-refractivity contribution in [2.24, 2.45) is 5.92 Å². The number of hydrogen-bond acceptors (Lipinski definition) is 4. The summed E-state index contributed by atoms with van der Waals surface area (Å²) in [6, 6.07) is 7.90. The number of carboxylic acids is 1. The predicted molar refractivity (Wildman–Crippen MR) is 104 cm³/mol. The molecule has 0 unspecified atom stereocenters. The van der Waals surface area contributed by atoms with Crippen LogP contribution in [0.1, 0.15) is 75.8 Å². The van der Waals surface area contributed by atoms with Crippen LogP contribution in [-0.4, -0.2) is 39.8 Å². The molecule has 5 heteroatoms. The van der Waals surface area contributed by atoms with E-state index in [1.807, 2.05) is 38.1 Å². The van der Waals surface area contributed by atoms with Crippen molar-refractivity contribution in [1.82, 2.24) is 0 Å². The Bertz CT molecular complexity index is 635. The fraction of sp³-hybridized carbons (Fsp3) is 0.636. The SMILES string of the molecule is CC(C)(CO)c1ccc([C@H]2[C@H](O)CC(=O)[C@@H]2CCCCCCC(=O)O)cc1. The number of ketones is 1. The van der Waals surface area contributed by atoms with Crippen molar-refractivity contribution in [3.63, 3.8) is 0 Å². The number of carboxylic acid groups (broad SMARTS) is 1. The molecule has 150 valence electrons. The number of Topliss-reactive ketones (excluding diaryl/α,β-unsaturated/α-hetero) is 1. The monoisotopic (exact) mass is 376 g/mol. The van der Waals surface area contributed by atoms with Crippen molar-refractivity contribution < 1.29 is 24.9 Å². The number of benzene rings is 1. The summed E-state index contributed by atoms with van der Waals surface area (Å²) in [5, 5.41) is 28.6. The predicted octanol–water partition coefficient (Wildman–Crippen LogP) is 3.42. The number of aliphatic hydroxyl groups is 2. The van der Waals surface area contributed by atoms with Crippen LogP contribution in [0.5, 0.6) is 0 Å². The fourth-order valence-electron chi connectivity index (χ4n) is 3.99. The third kappa shape index (κ3) is 5.63. The van der Waals surface area contributed by atoms with Gasteiger partial charge in [-0.15, -0.1) is 0 Å². The van der Waals surface area contributed by atoms with Crippen molar-refractivity contribution in [3.05, 3.63) is 35.4 Å². The van der Waals surface area contributed by atoms with Gasteiger partial charge in [-0.25, -0.2) is 0 Å². The van der Waals surface area contributed by atoms with Crippen LogP contribution in [0.3, 0.4) is 0 Å². The van der Waals surface area contributed by atoms with Crippen LogP contribution in [0.2, 0.25) is 0 Å². The molecule has 3 N–H and O–H groups in total. The molecule has 0 saturated heterocycles. The minimum atomic E-state index is -0.767. The van der Waals surface area contributed by atoms with Gasteiger partial charge in [0.25, 0.3) is 0 Å². The molecule has 0 aromatic heterocycles. The van der Waals surface area contributed by atoms with Gasteiger partial charge in [0.05, 0.1) is 12.7 Å². The maximum Gasteiger partial charge on any atom is 0.303 e. The molecule has 0 spiro atoms. The standard InChI is InChI=1S/C22H32O5/c1-22(2,14-23)16-11-9-15(10-12-16)21-17(18(24)13-19(21)25)7-5-3-4-6-8-20(26)27/h9-12,17,19,21,23,25H,3-8,13-14H2,1-2H3,(H,26,27)/t17-,19+,21+/m0/s1. The Hall–Kier alpha value is -1.72. The summed E-state index contributed by atoms with van der Waals surface area (Å²) in [5.41, 5.74) is 1.68. The number of rotatable bonds is 10. The van der Waals surface area contributed by atoms with Crippen molar-refractivity contribution in [1.29, 1.82) is 0 Å². The Labute approximate surface area is 161 Å². The molecule has 27 heavy (non-hydrogen) atoms. The van der Waals surface area contributed by atoms with Gasteiger partial charge in [0.1, 0.15) is 5.78 Å². The molecular weight excluding hydrogens is 344 g/mol. The maximum atomic E-state index is 12.4. The van der Waals surface area contributed by atoms with E-state index in [0.717, 1.165) is 36.8 Å². The second-order valence-corrected chi connectivity index (χ2v) is 8.38. The molecule has 1 fully saturated rings. The molecule has 3 atom stereocenters. The van der Waals surface area contributed by atoms with Crippen LogP contribution in [0.4, 0.5) is 0 Å². The summed E-state index contributed by atoms with van der Waals surface area (Å²) < 4.78 is 0. The number of aliphatic hydroxyl groups excluding tert-OH is 2. The summed E-state index contributed by atoms with van der Waals surface area (Å²) in [6.07, 6.45) is 3.79. The van der Waals surface area contributed by atoms with Crippen LogP contribution in [0.15, 0.2) is 24.3 Å². The molecular formula is C22H32O5. The lowest BCUT2D eigenvalue weighted by Crippen LogP contribution is -2.23.